The summed E-state index contributed by atoms with van der Waals surface area (Å²) < 4.78 is 0. The maximum Gasteiger partial charge on any atom is 0.326 e. The first kappa shape index (κ1) is 15.1. The number of amides is 2. The molecule has 0 bridgehead atoms. The van der Waals surface area contributed by atoms with Crippen molar-refractivity contribution < 1.29 is 19.8 Å². The molecule has 0 aliphatic carbocycles. The summed E-state index contributed by atoms with van der Waals surface area (Å²) in [5, 5.41) is 21.4. The second-order valence-electron chi connectivity index (χ2n) is 5.24. The molecule has 7 nitrogen and oxygen atoms in total. The summed E-state index contributed by atoms with van der Waals surface area (Å²) in [5.41, 5.74) is 1.41. The molecule has 3 N–H and O–H groups in total. The Kier molecular flexibility index (Phi) is 4.32. The van der Waals surface area contributed by atoms with E-state index in [-0.39, 0.29) is 13.0 Å². The minimum absolute atomic E-state index is 0.0208. The number of hydrogen-bond acceptors (Lipinski definition) is 4. The van der Waals surface area contributed by atoms with Gasteiger partial charge in [-0.2, -0.15) is 0 Å². The highest BCUT2D eigenvalue weighted by molar-refractivity contribution is 5.95. The zero-order valence-electron chi connectivity index (χ0n) is 12.0. The number of anilines is 2. The quantitative estimate of drug-likeness (QED) is 0.766. The maximum absolute atomic E-state index is 12.3. The number of aliphatic carboxylic acids is 1. The standard InChI is InChI=1S/C14H19N3O4/c1-16(2)11-6-4-3-5-10(11)15-14(21)17-8-9(18)7-12(17)13(19)20/h3-6,9,12,18H,7-8H2,1-2H3,(H,15,21)(H,19,20)/t9-,12-/m0/s1. The number of hydrogen-bond donors (Lipinski definition) is 3. The Hall–Kier alpha value is -2.28. The van der Waals surface area contributed by atoms with Crippen LogP contribution in [-0.2, 0) is 4.79 Å². The molecule has 114 valence electrons. The Morgan fingerprint density at radius 1 is 1.33 bits per heavy atom. The number of carbonyl (C=O) groups excluding carboxylic acids is 1. The molecular weight excluding hydrogens is 274 g/mol. The van der Waals surface area contributed by atoms with Gasteiger partial charge in [0.25, 0.3) is 0 Å². The molecule has 0 radical (unpaired) electrons. The van der Waals surface area contributed by atoms with Crippen LogP contribution >= 0.6 is 0 Å². The van der Waals surface area contributed by atoms with E-state index in [9.17, 15) is 14.7 Å². The molecule has 2 rings (SSSR count). The number of aliphatic hydroxyl groups is 1. The average Bonchev–Trinajstić information content (AvgIpc) is 2.81. The van der Waals surface area contributed by atoms with Crippen LogP contribution in [0.2, 0.25) is 0 Å². The lowest BCUT2D eigenvalue weighted by molar-refractivity contribution is -0.141. The van der Waals surface area contributed by atoms with Crippen LogP contribution in [0.3, 0.4) is 0 Å². The number of nitrogens with zero attached hydrogens (tertiary/aromatic N) is 2. The number of carbonyl (C=O) groups is 2. The second kappa shape index (κ2) is 6.01. The van der Waals surface area contributed by atoms with Crippen LogP contribution in [0.4, 0.5) is 16.2 Å². The smallest absolute Gasteiger partial charge is 0.326 e. The van der Waals surface area contributed by atoms with Gasteiger partial charge >= 0.3 is 12.0 Å². The van der Waals surface area contributed by atoms with Gasteiger partial charge in [0.15, 0.2) is 0 Å². The summed E-state index contributed by atoms with van der Waals surface area (Å²) in [6.45, 7) is 0.0208. The van der Waals surface area contributed by atoms with Gasteiger partial charge in [0.05, 0.1) is 17.5 Å². The zero-order chi connectivity index (χ0) is 15.6. The number of aliphatic hydroxyl groups excluding tert-OH is 1. The molecular formula is C14H19N3O4. The number of carboxylic acids is 1. The second-order valence-corrected chi connectivity index (χ2v) is 5.24. The normalized spacial score (nSPS) is 21.2. The minimum Gasteiger partial charge on any atom is -0.480 e. The monoisotopic (exact) mass is 293 g/mol. The molecule has 2 amide bonds. The van der Waals surface area contributed by atoms with Gasteiger partial charge in [-0.3, -0.25) is 0 Å². The fraction of sp³-hybridized carbons (Fsp3) is 0.429. The molecule has 7 heteroatoms. The summed E-state index contributed by atoms with van der Waals surface area (Å²) in [6.07, 6.45) is -0.751. The highest BCUT2D eigenvalue weighted by Gasteiger charge is 2.39. The fourth-order valence-electron chi connectivity index (χ4n) is 2.43. The Balaban J connectivity index is 2.16. The molecule has 1 aliphatic heterocycles. The van der Waals surface area contributed by atoms with Crippen molar-refractivity contribution in [1.82, 2.24) is 4.90 Å². The highest BCUT2D eigenvalue weighted by Crippen LogP contribution is 2.25. The van der Waals surface area contributed by atoms with Gasteiger partial charge in [0.2, 0.25) is 0 Å². The van der Waals surface area contributed by atoms with Crippen molar-refractivity contribution in [2.24, 2.45) is 0 Å². The molecule has 0 spiro atoms. The number of carboxylic acid groups (broad SMARTS) is 1. The number of benzene rings is 1. The van der Waals surface area contributed by atoms with Crippen LogP contribution in [0, 0.1) is 0 Å². The number of para-hydroxylation sites is 2. The zero-order valence-corrected chi connectivity index (χ0v) is 12.0. The van der Waals surface area contributed by atoms with Gasteiger partial charge < -0.3 is 25.3 Å². The number of nitrogens with one attached hydrogen (secondary N) is 1. The van der Waals surface area contributed by atoms with Crippen molar-refractivity contribution in [3.05, 3.63) is 24.3 Å². The lowest BCUT2D eigenvalue weighted by Crippen LogP contribution is -2.43. The van der Waals surface area contributed by atoms with Gasteiger partial charge in [-0.1, -0.05) is 12.1 Å². The van der Waals surface area contributed by atoms with Crippen molar-refractivity contribution in [3.8, 4) is 0 Å². The first-order valence-electron chi connectivity index (χ1n) is 6.65. The van der Waals surface area contributed by atoms with Crippen LogP contribution in [-0.4, -0.2) is 59.9 Å². The number of likely N-dealkylation sites (tertiary alicyclic amines) is 1. The van der Waals surface area contributed by atoms with Crippen LogP contribution in [0.1, 0.15) is 6.42 Å². The Morgan fingerprint density at radius 2 is 2.00 bits per heavy atom. The third-order valence-corrected chi connectivity index (χ3v) is 3.45. The largest absolute Gasteiger partial charge is 0.480 e. The van der Waals surface area contributed by atoms with Crippen molar-refractivity contribution in [2.75, 3.05) is 30.9 Å². The summed E-state index contributed by atoms with van der Waals surface area (Å²) in [4.78, 5) is 26.4. The van der Waals surface area contributed by atoms with E-state index in [1.165, 1.54) is 0 Å². The fourth-order valence-corrected chi connectivity index (χ4v) is 2.43. The topological polar surface area (TPSA) is 93.1 Å². The van der Waals surface area contributed by atoms with Crippen molar-refractivity contribution in [2.45, 2.75) is 18.6 Å². The first-order chi connectivity index (χ1) is 9.90. The summed E-state index contributed by atoms with van der Waals surface area (Å²) in [6, 6.07) is 5.72. The molecule has 1 fully saturated rings. The van der Waals surface area contributed by atoms with Crippen molar-refractivity contribution in [1.29, 1.82) is 0 Å². The van der Waals surface area contributed by atoms with E-state index in [4.69, 9.17) is 5.11 Å². The molecule has 0 unspecified atom stereocenters. The average molecular weight is 293 g/mol. The first-order valence-corrected chi connectivity index (χ1v) is 6.65. The summed E-state index contributed by atoms with van der Waals surface area (Å²) in [7, 11) is 3.70. The van der Waals surface area contributed by atoms with Crippen molar-refractivity contribution in [3.63, 3.8) is 0 Å². The molecule has 1 saturated heterocycles. The Bertz CT molecular complexity index is 547. The van der Waals surface area contributed by atoms with E-state index in [2.05, 4.69) is 5.32 Å². The van der Waals surface area contributed by atoms with Gasteiger partial charge in [-0.25, -0.2) is 9.59 Å². The van der Waals surface area contributed by atoms with E-state index in [1.54, 1.807) is 12.1 Å². The predicted molar refractivity (Wildman–Crippen MR) is 78.5 cm³/mol. The van der Waals surface area contributed by atoms with Crippen LogP contribution in [0.25, 0.3) is 0 Å². The van der Waals surface area contributed by atoms with E-state index in [0.29, 0.717) is 5.69 Å². The molecule has 1 aromatic rings. The van der Waals surface area contributed by atoms with Crippen molar-refractivity contribution >= 4 is 23.4 Å². The van der Waals surface area contributed by atoms with E-state index in [0.717, 1.165) is 10.6 Å². The van der Waals surface area contributed by atoms with Crippen LogP contribution < -0.4 is 10.2 Å². The van der Waals surface area contributed by atoms with Gasteiger partial charge in [-0.15, -0.1) is 0 Å². The summed E-state index contributed by atoms with van der Waals surface area (Å²) in [5.74, 6) is -1.11. The van der Waals surface area contributed by atoms with E-state index >= 15 is 0 Å². The highest BCUT2D eigenvalue weighted by atomic mass is 16.4. The lowest BCUT2D eigenvalue weighted by Gasteiger charge is -2.23. The van der Waals surface area contributed by atoms with Gasteiger partial charge in [0.1, 0.15) is 6.04 Å². The minimum atomic E-state index is -1.11. The molecule has 1 aliphatic rings. The van der Waals surface area contributed by atoms with Crippen LogP contribution in [0.15, 0.2) is 24.3 Å². The lowest BCUT2D eigenvalue weighted by atomic mass is 10.2. The molecule has 1 heterocycles. The molecule has 0 aromatic heterocycles. The van der Waals surface area contributed by atoms with E-state index in [1.807, 2.05) is 31.1 Å². The van der Waals surface area contributed by atoms with Crippen LogP contribution in [0.5, 0.6) is 0 Å². The number of β-amino-alcohol motifs (C(OH)–C–C–N with tert-alkyl or cyclic N) is 1. The SMILES string of the molecule is CN(C)c1ccccc1NC(=O)N1C[C@@H](O)C[C@H]1C(=O)O. The van der Waals surface area contributed by atoms with Gasteiger partial charge in [0, 0.05) is 27.1 Å². The number of urea groups is 1. The predicted octanol–water partition coefficient (Wildman–Crippen LogP) is 0.804. The Labute approximate surface area is 122 Å². The number of rotatable bonds is 3. The molecule has 21 heavy (non-hydrogen) atoms. The third kappa shape index (κ3) is 3.25. The third-order valence-electron chi connectivity index (χ3n) is 3.45. The molecule has 0 saturated carbocycles. The van der Waals surface area contributed by atoms with E-state index < -0.39 is 24.1 Å². The molecule has 2 atom stereocenters. The maximum atomic E-state index is 12.3. The molecule has 1 aromatic carbocycles. The van der Waals surface area contributed by atoms with Gasteiger partial charge in [-0.05, 0) is 12.1 Å². The Morgan fingerprint density at radius 3 is 2.62 bits per heavy atom. The summed E-state index contributed by atoms with van der Waals surface area (Å²) >= 11 is 0.